The van der Waals surface area contributed by atoms with E-state index in [0.717, 1.165) is 17.7 Å². The average molecular weight is 255 g/mol. The zero-order valence-corrected chi connectivity index (χ0v) is 11.2. The minimum Gasteiger partial charge on any atom is -0.494 e. The monoisotopic (exact) mass is 255 g/mol. The van der Waals surface area contributed by atoms with Crippen molar-refractivity contribution in [1.82, 2.24) is 4.98 Å². The largest absolute Gasteiger partial charge is 0.494 e. The lowest BCUT2D eigenvalue weighted by molar-refractivity contribution is 0.103. The Labute approximate surface area is 113 Å². The van der Waals surface area contributed by atoms with Crippen LogP contribution in [-0.2, 0) is 0 Å². The number of carbonyl (C=O) groups excluding carboxylic acids is 1. The molecule has 0 radical (unpaired) electrons. The van der Waals surface area contributed by atoms with Crippen molar-refractivity contribution in [2.24, 2.45) is 0 Å². The SMILES string of the molecule is CCCOc1cccc(C(=O)c2cnccc2C)c1. The Bertz CT molecular complexity index is 578. The maximum absolute atomic E-state index is 12.4. The van der Waals surface area contributed by atoms with Gasteiger partial charge in [0.2, 0.25) is 0 Å². The van der Waals surface area contributed by atoms with Gasteiger partial charge in [-0.15, -0.1) is 0 Å². The molecule has 2 aromatic rings. The van der Waals surface area contributed by atoms with E-state index in [0.29, 0.717) is 17.7 Å². The van der Waals surface area contributed by atoms with Crippen molar-refractivity contribution in [3.05, 3.63) is 59.4 Å². The Balaban J connectivity index is 2.27. The molecule has 0 unspecified atom stereocenters. The van der Waals surface area contributed by atoms with Gasteiger partial charge in [0.15, 0.2) is 5.78 Å². The van der Waals surface area contributed by atoms with Crippen molar-refractivity contribution in [3.63, 3.8) is 0 Å². The lowest BCUT2D eigenvalue weighted by atomic mass is 10.0. The molecule has 0 atom stereocenters. The first-order valence-electron chi connectivity index (χ1n) is 6.40. The number of hydrogen-bond donors (Lipinski definition) is 0. The molecule has 0 saturated carbocycles. The predicted molar refractivity (Wildman–Crippen MR) is 74.6 cm³/mol. The molecule has 3 heteroatoms. The first-order valence-corrected chi connectivity index (χ1v) is 6.40. The van der Waals surface area contributed by atoms with Gasteiger partial charge < -0.3 is 4.74 Å². The highest BCUT2D eigenvalue weighted by atomic mass is 16.5. The van der Waals surface area contributed by atoms with Crippen LogP contribution in [0.2, 0.25) is 0 Å². The Morgan fingerprint density at radius 2 is 2.16 bits per heavy atom. The van der Waals surface area contributed by atoms with E-state index >= 15 is 0 Å². The number of ketones is 1. The molecule has 19 heavy (non-hydrogen) atoms. The molecular weight excluding hydrogens is 238 g/mol. The Kier molecular flexibility index (Phi) is 4.29. The molecule has 0 bridgehead atoms. The third-order valence-electron chi connectivity index (χ3n) is 2.85. The van der Waals surface area contributed by atoms with Gasteiger partial charge in [0, 0.05) is 23.5 Å². The molecule has 0 fully saturated rings. The molecule has 1 aromatic carbocycles. The number of rotatable bonds is 5. The Morgan fingerprint density at radius 1 is 1.32 bits per heavy atom. The van der Waals surface area contributed by atoms with E-state index in [9.17, 15) is 4.79 Å². The van der Waals surface area contributed by atoms with Gasteiger partial charge in [0.1, 0.15) is 5.75 Å². The number of aryl methyl sites for hydroxylation is 1. The molecule has 2 rings (SSSR count). The second kappa shape index (κ2) is 6.14. The van der Waals surface area contributed by atoms with Crippen LogP contribution >= 0.6 is 0 Å². The van der Waals surface area contributed by atoms with E-state index in [1.54, 1.807) is 24.5 Å². The van der Waals surface area contributed by atoms with Crippen LogP contribution in [-0.4, -0.2) is 17.4 Å². The smallest absolute Gasteiger partial charge is 0.194 e. The summed E-state index contributed by atoms with van der Waals surface area (Å²) in [5.74, 6) is 0.710. The van der Waals surface area contributed by atoms with Crippen molar-refractivity contribution in [1.29, 1.82) is 0 Å². The first kappa shape index (κ1) is 13.3. The zero-order valence-electron chi connectivity index (χ0n) is 11.2. The van der Waals surface area contributed by atoms with Gasteiger partial charge in [-0.25, -0.2) is 0 Å². The fraction of sp³-hybridized carbons (Fsp3) is 0.250. The standard InChI is InChI=1S/C16H17NO2/c1-3-9-19-14-6-4-5-13(10-14)16(18)15-11-17-8-7-12(15)2/h4-8,10-11H,3,9H2,1-2H3. The third-order valence-corrected chi connectivity index (χ3v) is 2.85. The number of ether oxygens (including phenoxy) is 1. The predicted octanol–water partition coefficient (Wildman–Crippen LogP) is 3.41. The second-order valence-electron chi connectivity index (χ2n) is 4.40. The van der Waals surface area contributed by atoms with Crippen LogP contribution in [0.25, 0.3) is 0 Å². The van der Waals surface area contributed by atoms with Crippen molar-refractivity contribution in [2.45, 2.75) is 20.3 Å². The van der Waals surface area contributed by atoms with E-state index in [-0.39, 0.29) is 5.78 Å². The van der Waals surface area contributed by atoms with Crippen molar-refractivity contribution >= 4 is 5.78 Å². The fourth-order valence-corrected chi connectivity index (χ4v) is 1.80. The minimum absolute atomic E-state index is 0.0208. The number of carbonyl (C=O) groups is 1. The summed E-state index contributed by atoms with van der Waals surface area (Å²) < 4.78 is 5.54. The molecule has 0 amide bonds. The molecule has 0 spiro atoms. The van der Waals surface area contributed by atoms with Crippen molar-refractivity contribution in [3.8, 4) is 5.75 Å². The number of benzene rings is 1. The summed E-state index contributed by atoms with van der Waals surface area (Å²) in [7, 11) is 0. The Morgan fingerprint density at radius 3 is 2.89 bits per heavy atom. The van der Waals surface area contributed by atoms with E-state index in [4.69, 9.17) is 4.74 Å². The number of pyridine rings is 1. The van der Waals surface area contributed by atoms with E-state index in [1.165, 1.54) is 0 Å². The van der Waals surface area contributed by atoms with Crippen LogP contribution in [0.4, 0.5) is 0 Å². The zero-order chi connectivity index (χ0) is 13.7. The fourth-order valence-electron chi connectivity index (χ4n) is 1.80. The molecule has 0 saturated heterocycles. The van der Waals surface area contributed by atoms with Gasteiger partial charge in [-0.3, -0.25) is 9.78 Å². The van der Waals surface area contributed by atoms with Gasteiger partial charge in [0.05, 0.1) is 6.61 Å². The average Bonchev–Trinajstić information content (AvgIpc) is 2.45. The van der Waals surface area contributed by atoms with Crippen LogP contribution in [0.5, 0.6) is 5.75 Å². The van der Waals surface area contributed by atoms with E-state index < -0.39 is 0 Å². The quantitative estimate of drug-likeness (QED) is 0.768. The van der Waals surface area contributed by atoms with E-state index in [2.05, 4.69) is 4.98 Å². The molecule has 1 aromatic heterocycles. The Hall–Kier alpha value is -2.16. The number of nitrogens with zero attached hydrogens (tertiary/aromatic N) is 1. The van der Waals surface area contributed by atoms with Gasteiger partial charge in [-0.2, -0.15) is 0 Å². The van der Waals surface area contributed by atoms with Crippen molar-refractivity contribution in [2.75, 3.05) is 6.61 Å². The number of aromatic nitrogens is 1. The van der Waals surface area contributed by atoms with Crippen LogP contribution in [0.3, 0.4) is 0 Å². The highest BCUT2D eigenvalue weighted by molar-refractivity contribution is 6.09. The summed E-state index contributed by atoms with van der Waals surface area (Å²) in [6.45, 7) is 4.61. The summed E-state index contributed by atoms with van der Waals surface area (Å²) >= 11 is 0. The van der Waals surface area contributed by atoms with Crippen LogP contribution in [0.15, 0.2) is 42.7 Å². The van der Waals surface area contributed by atoms with Crippen LogP contribution < -0.4 is 4.74 Å². The molecule has 0 N–H and O–H groups in total. The summed E-state index contributed by atoms with van der Waals surface area (Å²) in [4.78, 5) is 16.4. The van der Waals surface area contributed by atoms with Gasteiger partial charge in [-0.1, -0.05) is 19.1 Å². The molecule has 3 nitrogen and oxygen atoms in total. The minimum atomic E-state index is -0.0208. The summed E-state index contributed by atoms with van der Waals surface area (Å²) in [6.07, 6.45) is 4.24. The maximum Gasteiger partial charge on any atom is 0.194 e. The lowest BCUT2D eigenvalue weighted by Gasteiger charge is -2.07. The van der Waals surface area contributed by atoms with Crippen molar-refractivity contribution < 1.29 is 9.53 Å². The number of hydrogen-bond acceptors (Lipinski definition) is 3. The summed E-state index contributed by atoms with van der Waals surface area (Å²) in [5, 5.41) is 0. The van der Waals surface area contributed by atoms with Crippen LogP contribution in [0, 0.1) is 6.92 Å². The maximum atomic E-state index is 12.4. The first-order chi connectivity index (χ1) is 9.22. The normalized spacial score (nSPS) is 10.2. The molecular formula is C16H17NO2. The molecule has 1 heterocycles. The van der Waals surface area contributed by atoms with Gasteiger partial charge >= 0.3 is 0 Å². The highest BCUT2D eigenvalue weighted by Gasteiger charge is 2.12. The third kappa shape index (κ3) is 3.19. The summed E-state index contributed by atoms with van der Waals surface area (Å²) in [6, 6.07) is 9.12. The van der Waals surface area contributed by atoms with Gasteiger partial charge in [0.25, 0.3) is 0 Å². The second-order valence-corrected chi connectivity index (χ2v) is 4.40. The van der Waals surface area contributed by atoms with Crippen LogP contribution in [0.1, 0.15) is 34.8 Å². The summed E-state index contributed by atoms with van der Waals surface area (Å²) in [5.41, 5.74) is 2.19. The topological polar surface area (TPSA) is 39.2 Å². The van der Waals surface area contributed by atoms with E-state index in [1.807, 2.05) is 32.0 Å². The molecule has 0 aliphatic heterocycles. The van der Waals surface area contributed by atoms with Gasteiger partial charge in [-0.05, 0) is 37.1 Å². The highest BCUT2D eigenvalue weighted by Crippen LogP contribution is 2.18. The molecule has 0 aliphatic rings. The molecule has 98 valence electrons. The molecule has 0 aliphatic carbocycles. The lowest BCUT2D eigenvalue weighted by Crippen LogP contribution is -2.05.